The van der Waals surface area contributed by atoms with Crippen LogP contribution in [0.1, 0.15) is 128 Å². The van der Waals surface area contributed by atoms with E-state index in [1.54, 1.807) is 43.3 Å². The first-order valence-electron chi connectivity index (χ1n) is 36.5. The molecule has 0 aliphatic rings. The van der Waals surface area contributed by atoms with Crippen molar-refractivity contribution in [1.29, 1.82) is 0 Å². The first kappa shape index (κ1) is 90.5. The summed E-state index contributed by atoms with van der Waals surface area (Å²) in [7, 11) is 0. The Balaban J connectivity index is 1.69. The number of aryl methyl sites for hydroxylation is 3. The average molecular weight is 1550 g/mol. The van der Waals surface area contributed by atoms with E-state index in [-0.39, 0.29) is 98.1 Å². The summed E-state index contributed by atoms with van der Waals surface area (Å²) in [5.74, 6) is -1.55. The molecule has 6 rings (SSSR count). The van der Waals surface area contributed by atoms with Crippen LogP contribution in [0.3, 0.4) is 0 Å². The molecule has 0 aliphatic carbocycles. The number of carbonyl (C=O) groups excluding carboxylic acids is 5. The molecule has 0 saturated heterocycles. The summed E-state index contributed by atoms with van der Waals surface area (Å²) >= 11 is 0. The average Bonchev–Trinajstić information content (AvgIpc) is 0.757. The predicted molar refractivity (Wildman–Crippen MR) is 421 cm³/mol. The zero-order chi connectivity index (χ0) is 82.7. The van der Waals surface area contributed by atoms with Gasteiger partial charge in [0.1, 0.15) is 144 Å². The van der Waals surface area contributed by atoms with Crippen molar-refractivity contribution in [3.05, 3.63) is 248 Å². The molecule has 604 valence electrons. The second-order valence-electron chi connectivity index (χ2n) is 28.7. The lowest BCUT2D eigenvalue weighted by Crippen LogP contribution is -2.27. The van der Waals surface area contributed by atoms with Crippen molar-refractivity contribution in [2.45, 2.75) is 150 Å². The van der Waals surface area contributed by atoms with Gasteiger partial charge in [-0.25, -0.2) is 24.0 Å². The Hall–Kier alpha value is -10.4. The van der Waals surface area contributed by atoms with Gasteiger partial charge in [-0.05, 0) is 148 Å². The standard InChI is InChI=1S/C88H108O24/c1-51(2)82(95)107-45-70(89)39-101-76-21-19-18-20-60(76)31-64-35-68(36-65(80(64)105-43-74(93)49-111-86(99)55(9)10)32-61-28-57(13)22-25-77(61)102-40-71(90)46-108-83(96)52(3)4)88(16,17)69-37-66(33-62-29-58(14)23-26-78(62)103-41-72(91)47-109-84(97)53(5)6)81(106-44-75(94)50-112-87(100)56(11)12)67(38-69)34-63-30-59(15)24-27-79(63)104-42-73(92)48-110-85(98)54(7)8/h18-30,35-38,70-75,84,89-94,97H,1,3,5,7,9,11,31-34,39-50H2,2,4,6,8,10,12-17H3. The summed E-state index contributed by atoms with van der Waals surface area (Å²) in [5, 5.41) is 78.1. The van der Waals surface area contributed by atoms with Gasteiger partial charge in [0.15, 0.2) is 6.29 Å². The molecule has 0 amide bonds. The molecule has 24 heteroatoms. The predicted octanol–water partition coefficient (Wildman–Crippen LogP) is 10.2. The molecule has 6 aromatic rings. The molecule has 0 aromatic heterocycles. The number of esters is 5. The molecule has 6 aromatic carbocycles. The highest BCUT2D eigenvalue weighted by atomic mass is 16.6. The number of benzene rings is 6. The van der Waals surface area contributed by atoms with E-state index in [1.807, 2.05) is 101 Å². The quantitative estimate of drug-likeness (QED) is 0.00614. The highest BCUT2D eigenvalue weighted by molar-refractivity contribution is 5.88. The minimum absolute atomic E-state index is 0.0516. The lowest BCUT2D eigenvalue weighted by atomic mass is 9.74. The Bertz CT molecular complexity index is 4340. The van der Waals surface area contributed by atoms with Crippen molar-refractivity contribution in [2.24, 2.45) is 0 Å². The van der Waals surface area contributed by atoms with Gasteiger partial charge in [-0.15, -0.1) is 0 Å². The van der Waals surface area contributed by atoms with E-state index in [0.717, 1.165) is 16.7 Å². The molecular formula is C88H108O24. The maximum atomic E-state index is 12.7. The van der Waals surface area contributed by atoms with Gasteiger partial charge in [0.25, 0.3) is 0 Å². The van der Waals surface area contributed by atoms with Crippen LogP contribution >= 0.6 is 0 Å². The van der Waals surface area contributed by atoms with Gasteiger partial charge in [0.05, 0.1) is 6.61 Å². The maximum Gasteiger partial charge on any atom is 0.333 e. The molecule has 7 N–H and O–H groups in total. The van der Waals surface area contributed by atoms with Gasteiger partial charge >= 0.3 is 29.8 Å². The number of carbonyl (C=O) groups is 5. The molecule has 0 heterocycles. The van der Waals surface area contributed by atoms with Gasteiger partial charge in [0, 0.05) is 59.0 Å². The SMILES string of the molecule is C=C(C)C(=O)OCC(O)COc1ccccc1Cc1cc(C(C)(C)c2cc(Cc3cc(C)ccc3OCC(O)COC(=O)C(=C)C)c(OCC(O)COC(=O)C(=C)C)c(Cc3cc(C)ccc3OCC(O)COC(O)C(=C)C)c2)cc(Cc2cc(C)ccc2OCC(O)COC(=O)C(=C)C)c1OCC(O)COC(=O)C(=C)C. The van der Waals surface area contributed by atoms with E-state index >= 15 is 0 Å². The van der Waals surface area contributed by atoms with Gasteiger partial charge in [-0.2, -0.15) is 0 Å². The van der Waals surface area contributed by atoms with Crippen molar-refractivity contribution < 1.29 is 117 Å². The zero-order valence-corrected chi connectivity index (χ0v) is 66.0. The Morgan fingerprint density at radius 2 is 0.571 bits per heavy atom. The fourth-order valence-corrected chi connectivity index (χ4v) is 11.1. The van der Waals surface area contributed by atoms with E-state index in [2.05, 4.69) is 39.5 Å². The van der Waals surface area contributed by atoms with E-state index in [1.165, 1.54) is 34.6 Å². The third-order valence-electron chi connectivity index (χ3n) is 17.3. The number of rotatable bonds is 47. The van der Waals surface area contributed by atoms with Gasteiger partial charge in [-0.3, -0.25) is 0 Å². The fourth-order valence-electron chi connectivity index (χ4n) is 11.1. The number of aliphatic hydroxyl groups excluding tert-OH is 7. The number of para-hydroxylation sites is 1. The highest BCUT2D eigenvalue weighted by Gasteiger charge is 2.32. The van der Waals surface area contributed by atoms with E-state index in [4.69, 9.17) is 56.8 Å². The summed E-state index contributed by atoms with van der Waals surface area (Å²) < 4.78 is 71.2. The number of hydrogen-bond donors (Lipinski definition) is 7. The van der Waals surface area contributed by atoms with Crippen LogP contribution in [0.4, 0.5) is 0 Å². The normalized spacial score (nSPS) is 13.1. The Morgan fingerprint density at radius 1 is 0.321 bits per heavy atom. The molecule has 7 unspecified atom stereocenters. The Kier molecular flexibility index (Phi) is 35.1. The van der Waals surface area contributed by atoms with Gasteiger partial charge in [0.2, 0.25) is 0 Å². The molecule has 7 atom stereocenters. The monoisotopic (exact) mass is 1550 g/mol. The Morgan fingerprint density at radius 3 is 0.848 bits per heavy atom. The molecule has 0 saturated carbocycles. The van der Waals surface area contributed by atoms with Gasteiger partial charge in [-0.1, -0.05) is 149 Å². The molecule has 0 fully saturated rings. The van der Waals surface area contributed by atoms with Crippen LogP contribution in [-0.4, -0.2) is 188 Å². The summed E-state index contributed by atoms with van der Waals surface area (Å²) in [6.07, 6.45) is -8.86. The molecule has 0 bridgehead atoms. The maximum absolute atomic E-state index is 12.7. The second-order valence-corrected chi connectivity index (χ2v) is 28.7. The van der Waals surface area contributed by atoms with Crippen molar-refractivity contribution in [3.8, 4) is 34.5 Å². The van der Waals surface area contributed by atoms with E-state index in [0.29, 0.717) is 84.2 Å². The van der Waals surface area contributed by atoms with Crippen LogP contribution in [0.15, 0.2) is 176 Å². The zero-order valence-electron chi connectivity index (χ0n) is 66.0. The number of ether oxygens (including phenoxy) is 12. The van der Waals surface area contributed by atoms with Crippen LogP contribution in [0, 0.1) is 20.8 Å². The van der Waals surface area contributed by atoms with Crippen LogP contribution in [-0.2, 0) is 83.5 Å². The fraction of sp³-hybridized carbons (Fsp3) is 0.398. The molecule has 24 nitrogen and oxygen atoms in total. The minimum atomic E-state index is -1.38. The minimum Gasteiger partial charge on any atom is -0.491 e. The van der Waals surface area contributed by atoms with Crippen LogP contribution in [0.5, 0.6) is 34.5 Å². The largest absolute Gasteiger partial charge is 0.491 e. The summed E-state index contributed by atoms with van der Waals surface area (Å²) in [5.41, 5.74) is 8.31. The lowest BCUT2D eigenvalue weighted by molar-refractivity contribution is -0.143. The van der Waals surface area contributed by atoms with Crippen LogP contribution in [0.25, 0.3) is 0 Å². The van der Waals surface area contributed by atoms with Gasteiger partial charge < -0.3 is 92.6 Å². The summed E-state index contributed by atoms with van der Waals surface area (Å²) in [6.45, 7) is 36.3. The highest BCUT2D eigenvalue weighted by Crippen LogP contribution is 2.44. The van der Waals surface area contributed by atoms with Crippen molar-refractivity contribution in [3.63, 3.8) is 0 Å². The Labute approximate surface area is 655 Å². The van der Waals surface area contributed by atoms with E-state index in [9.17, 15) is 59.7 Å². The number of hydrogen-bond acceptors (Lipinski definition) is 24. The molecule has 0 aliphatic heterocycles. The first-order valence-corrected chi connectivity index (χ1v) is 36.5. The van der Waals surface area contributed by atoms with Crippen molar-refractivity contribution >= 4 is 29.8 Å². The second kappa shape index (κ2) is 43.4. The van der Waals surface area contributed by atoms with Crippen LogP contribution in [0.2, 0.25) is 0 Å². The topological polar surface area (TPSA) is 338 Å². The van der Waals surface area contributed by atoms with E-state index < -0.39 is 124 Å². The summed E-state index contributed by atoms with van der Waals surface area (Å²) in [4.78, 5) is 62.6. The third kappa shape index (κ3) is 28.7. The number of aliphatic hydroxyl groups is 7. The van der Waals surface area contributed by atoms with Crippen LogP contribution < -0.4 is 28.4 Å². The third-order valence-corrected chi connectivity index (χ3v) is 17.3. The summed E-state index contributed by atoms with van der Waals surface area (Å²) in [6, 6.07) is 31.5. The smallest absolute Gasteiger partial charge is 0.333 e. The molecule has 0 spiro atoms. The molecule has 0 radical (unpaired) electrons. The first-order chi connectivity index (χ1) is 52.9. The van der Waals surface area contributed by atoms with Crippen molar-refractivity contribution in [2.75, 3.05) is 79.3 Å². The molecule has 112 heavy (non-hydrogen) atoms. The van der Waals surface area contributed by atoms with Crippen molar-refractivity contribution in [1.82, 2.24) is 0 Å². The lowest BCUT2D eigenvalue weighted by Gasteiger charge is -2.31. The molecular weight excluding hydrogens is 1440 g/mol.